The quantitative estimate of drug-likeness (QED) is 0.430. The summed E-state index contributed by atoms with van der Waals surface area (Å²) in [7, 11) is 2.16. The molecule has 0 bridgehead atoms. The van der Waals surface area contributed by atoms with Crippen LogP contribution in [0.1, 0.15) is 24.2 Å². The van der Waals surface area contributed by atoms with Gasteiger partial charge in [-0.25, -0.2) is 9.88 Å². The van der Waals surface area contributed by atoms with Crippen LogP contribution in [0.5, 0.6) is 0 Å². The van der Waals surface area contributed by atoms with Crippen LogP contribution in [-0.2, 0) is 0 Å². The fraction of sp³-hybridized carbons (Fsp3) is 0.333. The van der Waals surface area contributed by atoms with E-state index in [4.69, 9.17) is 39.8 Å². The molecule has 3 aliphatic rings. The molecular formula is C27H27Cl3N8O. The van der Waals surface area contributed by atoms with Gasteiger partial charge < -0.3 is 10.2 Å². The number of anilines is 5. The maximum atomic E-state index is 13.6. The normalized spacial score (nSPS) is 21.1. The van der Waals surface area contributed by atoms with E-state index in [9.17, 15) is 4.79 Å². The van der Waals surface area contributed by atoms with E-state index in [0.29, 0.717) is 69.2 Å². The van der Waals surface area contributed by atoms with E-state index in [1.54, 1.807) is 18.2 Å². The smallest absolute Gasteiger partial charge is 0.270 e. The Hall–Kier alpha value is -3.11. The number of rotatable bonds is 4. The Morgan fingerprint density at radius 2 is 1.72 bits per heavy atom. The van der Waals surface area contributed by atoms with Gasteiger partial charge in [0.05, 0.1) is 33.0 Å². The molecule has 1 amide bonds. The highest BCUT2D eigenvalue weighted by Gasteiger charge is 2.41. The number of para-hydroxylation sites is 1. The zero-order valence-corrected chi connectivity index (χ0v) is 24.0. The summed E-state index contributed by atoms with van der Waals surface area (Å²) in [5, 5.41) is 4.60. The second-order valence-electron chi connectivity index (χ2n) is 10.0. The lowest BCUT2D eigenvalue weighted by atomic mass is 10.1. The van der Waals surface area contributed by atoms with Crippen molar-refractivity contribution in [3.05, 3.63) is 63.2 Å². The second kappa shape index (κ2) is 10.1. The average molecular weight is 586 g/mol. The number of carbonyl (C=O) groups excluding carboxylic acids is 1. The zero-order chi connectivity index (χ0) is 27.4. The number of nitrogens with one attached hydrogen (secondary N) is 1. The number of hydrogen-bond acceptors (Lipinski definition) is 8. The minimum Gasteiger partial charge on any atom is -0.367 e. The van der Waals surface area contributed by atoms with Gasteiger partial charge in [0.15, 0.2) is 5.82 Å². The minimum absolute atomic E-state index is 0.337. The maximum Gasteiger partial charge on any atom is 0.270 e. The summed E-state index contributed by atoms with van der Waals surface area (Å²) >= 11 is 19.6. The second-order valence-corrected chi connectivity index (χ2v) is 11.3. The molecule has 2 atom stereocenters. The molecule has 3 aromatic rings. The number of likely N-dealkylation sites (N-methyl/N-ethyl adjacent to an activating group) is 1. The molecular weight excluding hydrogens is 559 g/mol. The molecule has 1 aromatic heterocycles. The third kappa shape index (κ3) is 4.57. The number of benzene rings is 2. The van der Waals surface area contributed by atoms with Crippen LogP contribution in [0.25, 0.3) is 0 Å². The Balaban J connectivity index is 1.27. The summed E-state index contributed by atoms with van der Waals surface area (Å²) < 4.78 is 0. The number of nitrogens with zero attached hydrogens (tertiary/aromatic N) is 7. The number of fused-ring (bicyclic) bond motifs is 3. The van der Waals surface area contributed by atoms with Crippen molar-refractivity contribution in [2.24, 2.45) is 4.99 Å². The Bertz CT molecular complexity index is 1470. The first-order valence-electron chi connectivity index (χ1n) is 12.7. The van der Waals surface area contributed by atoms with E-state index in [1.807, 2.05) is 23.1 Å². The molecule has 0 spiro atoms. The van der Waals surface area contributed by atoms with Gasteiger partial charge in [-0.05, 0) is 51.2 Å². The van der Waals surface area contributed by atoms with Crippen LogP contribution in [0.3, 0.4) is 0 Å². The van der Waals surface area contributed by atoms with E-state index < -0.39 is 0 Å². The fourth-order valence-corrected chi connectivity index (χ4v) is 6.17. The molecule has 3 aliphatic heterocycles. The first kappa shape index (κ1) is 26.1. The van der Waals surface area contributed by atoms with Crippen molar-refractivity contribution >= 4 is 75.5 Å². The van der Waals surface area contributed by atoms with Gasteiger partial charge in [0.25, 0.3) is 5.91 Å². The molecule has 1 N–H and O–H groups in total. The van der Waals surface area contributed by atoms with Crippen LogP contribution in [0.15, 0.2) is 47.6 Å². The van der Waals surface area contributed by atoms with Crippen LogP contribution in [0.4, 0.5) is 28.8 Å². The topological polar surface area (TPSA) is 80.2 Å². The van der Waals surface area contributed by atoms with Gasteiger partial charge in [0, 0.05) is 43.6 Å². The van der Waals surface area contributed by atoms with E-state index in [-0.39, 0.29) is 5.91 Å². The number of piperazine rings is 1. The summed E-state index contributed by atoms with van der Waals surface area (Å²) in [4.78, 5) is 35.3. The van der Waals surface area contributed by atoms with Crippen molar-refractivity contribution in [3.63, 3.8) is 0 Å². The molecule has 12 heteroatoms. The third-order valence-electron chi connectivity index (χ3n) is 7.54. The van der Waals surface area contributed by atoms with Crippen LogP contribution in [0.2, 0.25) is 15.1 Å². The van der Waals surface area contributed by atoms with Gasteiger partial charge in [-0.15, -0.1) is 0 Å². The highest BCUT2D eigenvalue weighted by Crippen LogP contribution is 2.40. The molecule has 0 unspecified atom stereocenters. The lowest BCUT2D eigenvalue weighted by Crippen LogP contribution is -2.55. The predicted molar refractivity (Wildman–Crippen MR) is 159 cm³/mol. The van der Waals surface area contributed by atoms with Crippen LogP contribution in [-0.4, -0.2) is 72.0 Å². The molecule has 1 fully saturated rings. The number of carbonyl (C=O) groups is 1. The molecule has 4 heterocycles. The minimum atomic E-state index is -0.341. The molecule has 202 valence electrons. The van der Waals surface area contributed by atoms with E-state index in [1.165, 1.54) is 11.1 Å². The summed E-state index contributed by atoms with van der Waals surface area (Å²) in [5.74, 6) is 0.931. The molecule has 6 rings (SSSR count). The van der Waals surface area contributed by atoms with Crippen LogP contribution in [0, 0.1) is 0 Å². The third-order valence-corrected chi connectivity index (χ3v) is 8.45. The summed E-state index contributed by atoms with van der Waals surface area (Å²) in [6, 6.07) is 11.8. The van der Waals surface area contributed by atoms with Gasteiger partial charge in [-0.2, -0.15) is 4.98 Å². The standard InChI is InChI=1S/C27H27Cl3N8O/c1-15-13-36(14-16(2)35(15)3)22-8-7-17(11-21(22)30)33-26-32-12-18-24(34-26)37-10-9-31-27(37)38(25(18)39)23-19(28)5-4-6-20(23)29/h4-8,11-12,15-16H,9-10,13-14H2,1-3H3,(H,32,33,34)/t15-,16+. The molecule has 0 aliphatic carbocycles. The Labute approximate surface area is 242 Å². The largest absolute Gasteiger partial charge is 0.367 e. The van der Waals surface area contributed by atoms with E-state index in [2.05, 4.69) is 46.0 Å². The van der Waals surface area contributed by atoms with Gasteiger partial charge in [-0.1, -0.05) is 40.9 Å². The van der Waals surface area contributed by atoms with Gasteiger partial charge in [0.2, 0.25) is 11.9 Å². The summed E-state index contributed by atoms with van der Waals surface area (Å²) in [5.41, 5.74) is 2.48. The molecule has 1 saturated heterocycles. The van der Waals surface area contributed by atoms with Crippen molar-refractivity contribution in [1.82, 2.24) is 14.9 Å². The lowest BCUT2D eigenvalue weighted by Gasteiger charge is -2.43. The van der Waals surface area contributed by atoms with Crippen molar-refractivity contribution in [3.8, 4) is 0 Å². The number of amides is 1. The fourth-order valence-electron chi connectivity index (χ4n) is 5.30. The maximum absolute atomic E-state index is 13.6. The first-order chi connectivity index (χ1) is 18.7. The number of guanidine groups is 1. The number of aromatic nitrogens is 2. The number of halogens is 3. The Kier molecular flexibility index (Phi) is 6.79. The van der Waals surface area contributed by atoms with Gasteiger partial charge >= 0.3 is 0 Å². The Morgan fingerprint density at radius 1 is 1.00 bits per heavy atom. The van der Waals surface area contributed by atoms with E-state index >= 15 is 0 Å². The van der Waals surface area contributed by atoms with Gasteiger partial charge in [-0.3, -0.25) is 19.6 Å². The van der Waals surface area contributed by atoms with Crippen molar-refractivity contribution in [1.29, 1.82) is 0 Å². The summed E-state index contributed by atoms with van der Waals surface area (Å²) in [6.45, 7) is 7.34. The number of hydrogen-bond donors (Lipinski definition) is 1. The van der Waals surface area contributed by atoms with Crippen LogP contribution >= 0.6 is 34.8 Å². The average Bonchev–Trinajstić information content (AvgIpc) is 3.39. The predicted octanol–water partition coefficient (Wildman–Crippen LogP) is 5.55. The zero-order valence-electron chi connectivity index (χ0n) is 21.7. The molecule has 2 aromatic carbocycles. The molecule has 9 nitrogen and oxygen atoms in total. The SMILES string of the molecule is C[C@@H]1CN(c2ccc(Nc3ncc4c(n3)N3CCN=C3N(c3c(Cl)cccc3Cl)C4=O)cc2Cl)C[C@H](C)N1C. The van der Waals surface area contributed by atoms with E-state index in [0.717, 1.165) is 24.5 Å². The van der Waals surface area contributed by atoms with Crippen molar-refractivity contribution < 1.29 is 4.79 Å². The molecule has 0 saturated carbocycles. The van der Waals surface area contributed by atoms with Crippen molar-refractivity contribution in [2.45, 2.75) is 25.9 Å². The lowest BCUT2D eigenvalue weighted by molar-refractivity contribution is 0.1000. The first-order valence-corrected chi connectivity index (χ1v) is 13.9. The number of aliphatic imine (C=N–C) groups is 1. The highest BCUT2D eigenvalue weighted by molar-refractivity contribution is 6.43. The molecule has 0 radical (unpaired) electrons. The summed E-state index contributed by atoms with van der Waals surface area (Å²) in [6.07, 6.45) is 1.52. The molecule has 39 heavy (non-hydrogen) atoms. The highest BCUT2D eigenvalue weighted by atomic mass is 35.5. The van der Waals surface area contributed by atoms with Crippen LogP contribution < -0.4 is 20.0 Å². The monoisotopic (exact) mass is 584 g/mol. The van der Waals surface area contributed by atoms with Gasteiger partial charge in [0.1, 0.15) is 5.56 Å². The van der Waals surface area contributed by atoms with Crippen molar-refractivity contribution in [2.75, 3.05) is 53.2 Å². The Morgan fingerprint density at radius 3 is 2.41 bits per heavy atom.